The second-order valence-electron chi connectivity index (χ2n) is 3.94. The lowest BCUT2D eigenvalue weighted by Crippen LogP contribution is -2.20. The fourth-order valence-corrected chi connectivity index (χ4v) is 1.82. The Labute approximate surface area is 108 Å². The Balaban J connectivity index is 2.30. The summed E-state index contributed by atoms with van der Waals surface area (Å²) in [5.41, 5.74) is 1.63. The van der Waals surface area contributed by atoms with E-state index in [2.05, 4.69) is 10.3 Å². The molecule has 4 N–H and O–H groups in total. The lowest BCUT2D eigenvalue weighted by Gasteiger charge is -2.10. The first-order chi connectivity index (χ1) is 8.61. The first kappa shape index (κ1) is 12.7. The Bertz CT molecular complexity index is 567. The molecule has 96 valence electrons. The lowest BCUT2D eigenvalue weighted by molar-refractivity contribution is 0.0691. The van der Waals surface area contributed by atoms with Gasteiger partial charge in [-0.05, 0) is 18.2 Å². The molecular weight excluding hydrogens is 256 g/mol. The number of benzene rings is 1. The van der Waals surface area contributed by atoms with E-state index in [-0.39, 0.29) is 11.6 Å². The van der Waals surface area contributed by atoms with Gasteiger partial charge in [0.2, 0.25) is 0 Å². The van der Waals surface area contributed by atoms with Crippen LogP contribution in [-0.4, -0.2) is 39.7 Å². The number of nitrogens with one attached hydrogen (secondary N) is 2. The fraction of sp³-hybridized carbons (Fsp3) is 0.250. The second-order valence-corrected chi connectivity index (χ2v) is 4.25. The minimum Gasteiger partial charge on any atom is -0.477 e. The van der Waals surface area contributed by atoms with Crippen LogP contribution in [0.25, 0.3) is 10.9 Å². The van der Waals surface area contributed by atoms with Crippen LogP contribution in [0.5, 0.6) is 0 Å². The van der Waals surface area contributed by atoms with Gasteiger partial charge in [0, 0.05) is 23.1 Å². The molecule has 0 saturated carbocycles. The van der Waals surface area contributed by atoms with Crippen molar-refractivity contribution >= 4 is 34.2 Å². The molecule has 1 unspecified atom stereocenters. The number of alkyl halides is 1. The van der Waals surface area contributed by atoms with Crippen molar-refractivity contribution in [2.45, 2.75) is 6.10 Å². The summed E-state index contributed by atoms with van der Waals surface area (Å²) in [5.74, 6) is -0.853. The number of aliphatic hydroxyl groups excluding tert-OH is 1. The average molecular weight is 269 g/mol. The molecule has 1 aromatic heterocycles. The van der Waals surface area contributed by atoms with E-state index >= 15 is 0 Å². The molecule has 2 aromatic rings. The highest BCUT2D eigenvalue weighted by Crippen LogP contribution is 2.24. The maximum absolute atomic E-state index is 10.9. The van der Waals surface area contributed by atoms with E-state index in [1.54, 1.807) is 18.2 Å². The van der Waals surface area contributed by atoms with Crippen molar-refractivity contribution in [3.63, 3.8) is 0 Å². The molecule has 0 radical (unpaired) electrons. The number of fused-ring (bicyclic) bond motifs is 1. The number of aromatic carboxylic acids is 1. The number of carboxylic acid groups (broad SMARTS) is 1. The molecule has 0 bridgehead atoms. The number of aromatic nitrogens is 1. The van der Waals surface area contributed by atoms with Crippen molar-refractivity contribution in [3.8, 4) is 0 Å². The summed E-state index contributed by atoms with van der Waals surface area (Å²) in [6.07, 6.45) is -0.639. The summed E-state index contributed by atoms with van der Waals surface area (Å²) >= 11 is 5.51. The topological polar surface area (TPSA) is 85.3 Å². The molecule has 0 spiro atoms. The van der Waals surface area contributed by atoms with Crippen LogP contribution in [0.1, 0.15) is 10.5 Å². The standard InChI is InChI=1S/C12H13ClN2O3/c13-5-7(16)6-14-9-2-1-3-10-8(9)4-11(15-10)12(17)18/h1-4,7,14-16H,5-6H2,(H,17,18). The average Bonchev–Trinajstić information content (AvgIpc) is 2.80. The molecule has 6 heteroatoms. The summed E-state index contributed by atoms with van der Waals surface area (Å²) in [7, 11) is 0. The van der Waals surface area contributed by atoms with Gasteiger partial charge in [0.05, 0.1) is 12.0 Å². The molecule has 5 nitrogen and oxygen atoms in total. The number of hydrogen-bond donors (Lipinski definition) is 4. The normalized spacial score (nSPS) is 12.6. The summed E-state index contributed by atoms with van der Waals surface area (Å²) in [6, 6.07) is 6.99. The van der Waals surface area contributed by atoms with Crippen molar-refractivity contribution in [3.05, 3.63) is 30.0 Å². The largest absolute Gasteiger partial charge is 0.477 e. The van der Waals surface area contributed by atoms with Crippen molar-refractivity contribution in [2.75, 3.05) is 17.7 Å². The summed E-state index contributed by atoms with van der Waals surface area (Å²) in [5, 5.41) is 22.1. The summed E-state index contributed by atoms with van der Waals surface area (Å²) in [6.45, 7) is 0.316. The van der Waals surface area contributed by atoms with Crippen LogP contribution in [-0.2, 0) is 0 Å². The number of carboxylic acids is 1. The van der Waals surface area contributed by atoms with Crippen molar-refractivity contribution in [2.24, 2.45) is 0 Å². The predicted octanol–water partition coefficient (Wildman–Crippen LogP) is 1.88. The quantitative estimate of drug-likeness (QED) is 0.624. The number of carbonyl (C=O) groups is 1. The van der Waals surface area contributed by atoms with Gasteiger partial charge < -0.3 is 20.5 Å². The number of H-pyrrole nitrogens is 1. The van der Waals surface area contributed by atoms with Gasteiger partial charge in [-0.25, -0.2) is 4.79 Å². The van der Waals surface area contributed by atoms with Crippen LogP contribution in [0.4, 0.5) is 5.69 Å². The first-order valence-corrected chi connectivity index (χ1v) is 5.98. The van der Waals surface area contributed by atoms with Gasteiger partial charge >= 0.3 is 5.97 Å². The monoisotopic (exact) mass is 268 g/mol. The Morgan fingerprint density at radius 1 is 1.50 bits per heavy atom. The van der Waals surface area contributed by atoms with Gasteiger partial charge in [-0.15, -0.1) is 11.6 Å². The van der Waals surface area contributed by atoms with E-state index < -0.39 is 12.1 Å². The van der Waals surface area contributed by atoms with Crippen molar-refractivity contribution in [1.29, 1.82) is 0 Å². The van der Waals surface area contributed by atoms with Crippen LogP contribution < -0.4 is 5.32 Å². The molecule has 0 saturated heterocycles. The Kier molecular flexibility index (Phi) is 3.74. The summed E-state index contributed by atoms with van der Waals surface area (Å²) in [4.78, 5) is 13.7. The van der Waals surface area contributed by atoms with E-state index in [1.165, 1.54) is 0 Å². The Hall–Kier alpha value is -1.72. The number of halogens is 1. The number of anilines is 1. The van der Waals surface area contributed by atoms with Gasteiger partial charge in [0.15, 0.2) is 0 Å². The lowest BCUT2D eigenvalue weighted by atomic mass is 10.2. The third-order valence-electron chi connectivity index (χ3n) is 2.60. The third kappa shape index (κ3) is 2.57. The molecule has 1 atom stereocenters. The fourth-order valence-electron chi connectivity index (χ4n) is 1.71. The predicted molar refractivity (Wildman–Crippen MR) is 70.5 cm³/mol. The van der Waals surface area contributed by atoms with Gasteiger partial charge in [0.25, 0.3) is 0 Å². The van der Waals surface area contributed by atoms with Crippen molar-refractivity contribution < 1.29 is 15.0 Å². The van der Waals surface area contributed by atoms with Gasteiger partial charge in [-0.3, -0.25) is 0 Å². The van der Waals surface area contributed by atoms with E-state index in [9.17, 15) is 9.90 Å². The van der Waals surface area contributed by atoms with Gasteiger partial charge in [-0.1, -0.05) is 6.07 Å². The van der Waals surface area contributed by atoms with E-state index in [0.29, 0.717) is 6.54 Å². The van der Waals surface area contributed by atoms with E-state index in [0.717, 1.165) is 16.6 Å². The van der Waals surface area contributed by atoms with E-state index in [1.807, 2.05) is 6.07 Å². The zero-order valence-corrected chi connectivity index (χ0v) is 10.2. The molecule has 18 heavy (non-hydrogen) atoms. The summed E-state index contributed by atoms with van der Waals surface area (Å²) < 4.78 is 0. The van der Waals surface area contributed by atoms with Crippen LogP contribution in [0.3, 0.4) is 0 Å². The van der Waals surface area contributed by atoms with Crippen LogP contribution >= 0.6 is 11.6 Å². The van der Waals surface area contributed by atoms with Crippen molar-refractivity contribution in [1.82, 2.24) is 4.98 Å². The van der Waals surface area contributed by atoms with Gasteiger partial charge in [-0.2, -0.15) is 0 Å². The molecule has 1 heterocycles. The minimum absolute atomic E-state index is 0.136. The number of aliphatic hydroxyl groups is 1. The number of rotatable bonds is 5. The Morgan fingerprint density at radius 2 is 2.28 bits per heavy atom. The SMILES string of the molecule is O=C(O)c1cc2c(NCC(O)CCl)cccc2[nH]1. The molecular formula is C12H13ClN2O3. The first-order valence-electron chi connectivity index (χ1n) is 5.44. The molecule has 0 aliphatic rings. The van der Waals surface area contributed by atoms with E-state index in [4.69, 9.17) is 16.7 Å². The molecule has 0 aliphatic heterocycles. The zero-order valence-electron chi connectivity index (χ0n) is 9.48. The smallest absolute Gasteiger partial charge is 0.352 e. The molecule has 0 fully saturated rings. The molecule has 1 aromatic carbocycles. The molecule has 0 amide bonds. The maximum Gasteiger partial charge on any atom is 0.352 e. The third-order valence-corrected chi connectivity index (χ3v) is 2.96. The number of hydrogen-bond acceptors (Lipinski definition) is 3. The zero-order chi connectivity index (χ0) is 13.1. The number of aromatic amines is 1. The van der Waals surface area contributed by atoms with Crippen LogP contribution in [0.2, 0.25) is 0 Å². The van der Waals surface area contributed by atoms with Gasteiger partial charge in [0.1, 0.15) is 5.69 Å². The molecule has 2 rings (SSSR count). The Morgan fingerprint density at radius 3 is 2.94 bits per heavy atom. The maximum atomic E-state index is 10.9. The highest BCUT2D eigenvalue weighted by Gasteiger charge is 2.10. The highest BCUT2D eigenvalue weighted by atomic mass is 35.5. The second kappa shape index (κ2) is 5.29. The molecule has 0 aliphatic carbocycles. The highest BCUT2D eigenvalue weighted by molar-refractivity contribution is 6.18. The van der Waals surface area contributed by atoms with Crippen LogP contribution in [0, 0.1) is 0 Å². The minimum atomic E-state index is -1.00. The van der Waals surface area contributed by atoms with Crippen LogP contribution in [0.15, 0.2) is 24.3 Å².